The van der Waals surface area contributed by atoms with Crippen molar-refractivity contribution in [2.45, 2.75) is 32.9 Å². The Morgan fingerprint density at radius 2 is 1.81 bits per heavy atom. The summed E-state index contributed by atoms with van der Waals surface area (Å²) in [6.45, 7) is 5.10. The molecule has 2 N–H and O–H groups in total. The van der Waals surface area contributed by atoms with Gasteiger partial charge in [0.2, 0.25) is 0 Å². The molecule has 3 atom stereocenters. The normalized spacial score (nSPS) is 14.9. The van der Waals surface area contributed by atoms with Gasteiger partial charge in [-0.1, -0.05) is 29.8 Å². The molecular weight excluding hydrogens is 292 g/mol. The molecule has 6 heteroatoms. The quantitative estimate of drug-likeness (QED) is 0.877. The van der Waals surface area contributed by atoms with Crippen molar-refractivity contribution in [2.24, 2.45) is 5.92 Å². The average molecular weight is 313 g/mol. The first-order valence-corrected chi connectivity index (χ1v) is 7.14. The Labute approximate surface area is 129 Å². The Morgan fingerprint density at radius 3 is 2.33 bits per heavy atom. The van der Waals surface area contributed by atoms with Crippen LogP contribution in [0.25, 0.3) is 0 Å². The molecule has 1 aromatic rings. The summed E-state index contributed by atoms with van der Waals surface area (Å²) in [6, 6.07) is 6.31. The van der Waals surface area contributed by atoms with Crippen LogP contribution in [0.3, 0.4) is 0 Å². The summed E-state index contributed by atoms with van der Waals surface area (Å²) in [7, 11) is 1.65. The highest BCUT2D eigenvalue weighted by molar-refractivity contribution is 6.31. The monoisotopic (exact) mass is 312 g/mol. The van der Waals surface area contributed by atoms with E-state index in [9.17, 15) is 9.59 Å². The van der Waals surface area contributed by atoms with Gasteiger partial charge in [0.25, 0.3) is 0 Å². The second-order valence-corrected chi connectivity index (χ2v) is 5.58. The van der Waals surface area contributed by atoms with Gasteiger partial charge >= 0.3 is 12.0 Å². The molecule has 0 bridgehead atoms. The fourth-order valence-electron chi connectivity index (χ4n) is 1.83. The summed E-state index contributed by atoms with van der Waals surface area (Å²) in [5.41, 5.74) is 0.843. The van der Waals surface area contributed by atoms with Crippen molar-refractivity contribution in [3.63, 3.8) is 0 Å². The SMILES string of the molecule is CC(NC(=O)N(C)C(C)c1ccccc1Cl)C(C)C(=O)O. The van der Waals surface area contributed by atoms with Crippen molar-refractivity contribution in [3.05, 3.63) is 34.9 Å². The molecule has 0 heterocycles. The van der Waals surface area contributed by atoms with Crippen LogP contribution in [-0.2, 0) is 4.79 Å². The Hall–Kier alpha value is -1.75. The predicted octanol–water partition coefficient (Wildman–Crippen LogP) is 3.15. The van der Waals surface area contributed by atoms with E-state index < -0.39 is 17.9 Å². The van der Waals surface area contributed by atoms with E-state index in [0.29, 0.717) is 5.02 Å². The summed E-state index contributed by atoms with van der Waals surface area (Å²) in [5.74, 6) is -1.59. The Morgan fingerprint density at radius 1 is 1.24 bits per heavy atom. The zero-order chi connectivity index (χ0) is 16.2. The van der Waals surface area contributed by atoms with Crippen LogP contribution in [-0.4, -0.2) is 35.1 Å². The molecule has 0 aliphatic heterocycles. The molecule has 0 radical (unpaired) electrons. The maximum Gasteiger partial charge on any atom is 0.317 e. The zero-order valence-corrected chi connectivity index (χ0v) is 13.4. The summed E-state index contributed by atoms with van der Waals surface area (Å²) >= 11 is 6.13. The molecule has 1 aromatic carbocycles. The van der Waals surface area contributed by atoms with Gasteiger partial charge in [0.15, 0.2) is 0 Å². The largest absolute Gasteiger partial charge is 0.481 e. The van der Waals surface area contributed by atoms with E-state index in [0.717, 1.165) is 5.56 Å². The predicted molar refractivity (Wildman–Crippen MR) is 82.4 cm³/mol. The highest BCUT2D eigenvalue weighted by Gasteiger charge is 2.25. The van der Waals surface area contributed by atoms with E-state index in [1.54, 1.807) is 27.0 Å². The lowest BCUT2D eigenvalue weighted by molar-refractivity contribution is -0.141. The maximum atomic E-state index is 12.2. The molecule has 0 aliphatic carbocycles. The smallest absolute Gasteiger partial charge is 0.317 e. The Kier molecular flexibility index (Phi) is 6.03. The van der Waals surface area contributed by atoms with E-state index in [1.807, 2.05) is 25.1 Å². The second kappa shape index (κ2) is 7.31. The number of halogens is 1. The molecular formula is C15H21ClN2O3. The molecule has 0 saturated heterocycles. The first-order valence-electron chi connectivity index (χ1n) is 6.76. The van der Waals surface area contributed by atoms with E-state index >= 15 is 0 Å². The first kappa shape index (κ1) is 17.3. The minimum absolute atomic E-state index is 0.217. The molecule has 0 fully saturated rings. The summed E-state index contributed by atoms with van der Waals surface area (Å²) in [6.07, 6.45) is 0. The lowest BCUT2D eigenvalue weighted by Crippen LogP contribution is -2.46. The number of rotatable bonds is 5. The third-order valence-electron chi connectivity index (χ3n) is 3.75. The molecule has 5 nitrogen and oxygen atoms in total. The van der Waals surface area contributed by atoms with Gasteiger partial charge in [0.05, 0.1) is 12.0 Å². The van der Waals surface area contributed by atoms with Crippen molar-refractivity contribution >= 4 is 23.6 Å². The van der Waals surface area contributed by atoms with Gasteiger partial charge in [-0.25, -0.2) is 4.79 Å². The minimum atomic E-state index is -0.940. The van der Waals surface area contributed by atoms with Crippen molar-refractivity contribution in [1.29, 1.82) is 0 Å². The van der Waals surface area contributed by atoms with E-state index in [2.05, 4.69) is 5.32 Å². The lowest BCUT2D eigenvalue weighted by atomic mass is 10.0. The number of nitrogens with one attached hydrogen (secondary N) is 1. The lowest BCUT2D eigenvalue weighted by Gasteiger charge is -2.28. The third kappa shape index (κ3) is 4.36. The second-order valence-electron chi connectivity index (χ2n) is 5.17. The van der Waals surface area contributed by atoms with Crippen LogP contribution in [0.1, 0.15) is 32.4 Å². The van der Waals surface area contributed by atoms with Crippen molar-refractivity contribution in [3.8, 4) is 0 Å². The molecule has 21 heavy (non-hydrogen) atoms. The number of amides is 2. The van der Waals surface area contributed by atoms with Gasteiger partial charge in [0.1, 0.15) is 0 Å². The molecule has 0 aliphatic rings. The van der Waals surface area contributed by atoms with Crippen LogP contribution in [0, 0.1) is 5.92 Å². The number of nitrogens with zero attached hydrogens (tertiary/aromatic N) is 1. The molecule has 1 rings (SSSR count). The van der Waals surface area contributed by atoms with E-state index in [1.165, 1.54) is 4.90 Å². The molecule has 0 spiro atoms. The van der Waals surface area contributed by atoms with Gasteiger partial charge in [-0.2, -0.15) is 0 Å². The van der Waals surface area contributed by atoms with Crippen LogP contribution in [0.15, 0.2) is 24.3 Å². The third-order valence-corrected chi connectivity index (χ3v) is 4.09. The number of carbonyl (C=O) groups excluding carboxylic acids is 1. The van der Waals surface area contributed by atoms with Crippen molar-refractivity contribution in [1.82, 2.24) is 10.2 Å². The number of carboxylic acids is 1. The molecule has 116 valence electrons. The number of urea groups is 1. The van der Waals surface area contributed by atoms with E-state index in [-0.39, 0.29) is 12.1 Å². The fourth-order valence-corrected chi connectivity index (χ4v) is 2.13. The van der Waals surface area contributed by atoms with Gasteiger partial charge in [-0.15, -0.1) is 0 Å². The number of hydrogen-bond acceptors (Lipinski definition) is 2. The summed E-state index contributed by atoms with van der Waals surface area (Å²) in [5, 5.41) is 12.2. The van der Waals surface area contributed by atoms with Crippen LogP contribution in [0.4, 0.5) is 4.79 Å². The van der Waals surface area contributed by atoms with Crippen molar-refractivity contribution < 1.29 is 14.7 Å². The number of hydrogen-bond donors (Lipinski definition) is 2. The number of benzene rings is 1. The summed E-state index contributed by atoms with van der Waals surface area (Å²) in [4.78, 5) is 24.6. The number of carbonyl (C=O) groups is 2. The van der Waals surface area contributed by atoms with Gasteiger partial charge in [0, 0.05) is 18.1 Å². The molecule has 0 saturated carbocycles. The molecule has 2 amide bonds. The maximum absolute atomic E-state index is 12.2. The van der Waals surface area contributed by atoms with Crippen LogP contribution in [0.5, 0.6) is 0 Å². The van der Waals surface area contributed by atoms with Crippen LogP contribution >= 0.6 is 11.6 Å². The van der Waals surface area contributed by atoms with Crippen molar-refractivity contribution in [2.75, 3.05) is 7.05 Å². The zero-order valence-electron chi connectivity index (χ0n) is 12.6. The average Bonchev–Trinajstić information content (AvgIpc) is 2.45. The Bertz CT molecular complexity index is 521. The first-order chi connectivity index (χ1) is 9.75. The number of aliphatic carboxylic acids is 1. The molecule has 3 unspecified atom stereocenters. The molecule has 0 aromatic heterocycles. The highest BCUT2D eigenvalue weighted by atomic mass is 35.5. The van der Waals surface area contributed by atoms with Gasteiger partial charge in [-0.3, -0.25) is 4.79 Å². The summed E-state index contributed by atoms with van der Waals surface area (Å²) < 4.78 is 0. The fraction of sp³-hybridized carbons (Fsp3) is 0.467. The standard InChI is InChI=1S/C15H21ClN2O3/c1-9(14(19)20)10(2)17-15(21)18(4)11(3)12-7-5-6-8-13(12)16/h5-11H,1-4H3,(H,17,21)(H,19,20). The minimum Gasteiger partial charge on any atom is -0.481 e. The Balaban J connectivity index is 2.74. The highest BCUT2D eigenvalue weighted by Crippen LogP contribution is 2.26. The van der Waals surface area contributed by atoms with Crippen LogP contribution in [0.2, 0.25) is 5.02 Å². The topological polar surface area (TPSA) is 69.6 Å². The number of carboxylic acid groups (broad SMARTS) is 1. The van der Waals surface area contributed by atoms with E-state index in [4.69, 9.17) is 16.7 Å². The van der Waals surface area contributed by atoms with Gasteiger partial charge in [-0.05, 0) is 32.4 Å². The van der Waals surface area contributed by atoms with Crippen LogP contribution < -0.4 is 5.32 Å². The van der Waals surface area contributed by atoms with Gasteiger partial charge < -0.3 is 15.3 Å².